The number of rotatable bonds is 3. The van der Waals surface area contributed by atoms with Crippen molar-refractivity contribution in [1.82, 2.24) is 4.98 Å². The number of benzene rings is 1. The molecule has 1 heterocycles. The lowest BCUT2D eigenvalue weighted by atomic mass is 10.2. The molecule has 0 aliphatic heterocycles. The van der Waals surface area contributed by atoms with Crippen LogP contribution in [0.3, 0.4) is 0 Å². The second kappa shape index (κ2) is 5.48. The molecule has 0 saturated carbocycles. The van der Waals surface area contributed by atoms with Crippen LogP contribution in [0.2, 0.25) is 0 Å². The van der Waals surface area contributed by atoms with Gasteiger partial charge in [-0.15, -0.1) is 0 Å². The smallest absolute Gasteiger partial charge is 0.253 e. The Kier molecular flexibility index (Phi) is 3.92. The fourth-order valence-electron chi connectivity index (χ4n) is 1.91. The molecule has 0 unspecified atom stereocenters. The van der Waals surface area contributed by atoms with Gasteiger partial charge in [-0.3, -0.25) is 0 Å². The van der Waals surface area contributed by atoms with Crippen molar-refractivity contribution in [3.8, 4) is 0 Å². The van der Waals surface area contributed by atoms with Crippen molar-refractivity contribution >= 4 is 11.4 Å². The van der Waals surface area contributed by atoms with Crippen molar-refractivity contribution in [1.29, 1.82) is 0 Å². The highest BCUT2D eigenvalue weighted by Crippen LogP contribution is 2.32. The van der Waals surface area contributed by atoms with Crippen LogP contribution >= 0.6 is 0 Å². The zero-order valence-corrected chi connectivity index (χ0v) is 10.9. The number of hydrogen-bond donors (Lipinski definition) is 0. The summed E-state index contributed by atoms with van der Waals surface area (Å²) >= 11 is 0. The highest BCUT2D eigenvalue weighted by molar-refractivity contribution is 5.64. The lowest BCUT2D eigenvalue weighted by Crippen LogP contribution is -2.21. The van der Waals surface area contributed by atoms with Crippen molar-refractivity contribution in [3.05, 3.63) is 53.4 Å². The topological polar surface area (TPSA) is 16.1 Å². The molecule has 0 spiro atoms. The summed E-state index contributed by atoms with van der Waals surface area (Å²) < 4.78 is 53.9. The number of hydrogen-bond acceptors (Lipinski definition) is 2. The molecule has 1 aromatic carbocycles. The molecule has 0 bridgehead atoms. The maximum atomic E-state index is 13.8. The molecule has 0 aliphatic carbocycles. The maximum Gasteiger partial charge on any atom is 0.253 e. The average molecular weight is 284 g/mol. The largest absolute Gasteiger partial charge is 0.337 e. The second-order valence-electron chi connectivity index (χ2n) is 4.25. The number of pyridine rings is 1. The van der Waals surface area contributed by atoms with Crippen molar-refractivity contribution in [2.75, 3.05) is 11.4 Å². The molecule has 0 atom stereocenters. The Bertz CT molecular complexity index is 600. The Morgan fingerprint density at radius 1 is 0.950 bits per heavy atom. The molecule has 20 heavy (non-hydrogen) atoms. The fraction of sp³-hybridized carbons (Fsp3) is 0.214. The molecular weight excluding hydrogens is 272 g/mol. The molecular formula is C14H12F4N2. The van der Waals surface area contributed by atoms with Crippen LogP contribution in [0.5, 0.6) is 0 Å². The summed E-state index contributed by atoms with van der Waals surface area (Å²) in [5.74, 6) is -6.34. The summed E-state index contributed by atoms with van der Waals surface area (Å²) in [5.41, 5.74) is 0.611. The first-order valence-corrected chi connectivity index (χ1v) is 6.00. The van der Waals surface area contributed by atoms with Crippen molar-refractivity contribution in [3.63, 3.8) is 0 Å². The minimum Gasteiger partial charge on any atom is -0.337 e. The van der Waals surface area contributed by atoms with Gasteiger partial charge >= 0.3 is 0 Å². The van der Waals surface area contributed by atoms with Gasteiger partial charge in [0.2, 0.25) is 11.6 Å². The zero-order valence-electron chi connectivity index (χ0n) is 10.9. The molecule has 0 radical (unpaired) electrons. The first-order valence-electron chi connectivity index (χ1n) is 6.00. The molecule has 2 rings (SSSR count). The number of anilines is 2. The molecule has 2 aromatic rings. The lowest BCUT2D eigenvalue weighted by Gasteiger charge is -2.24. The van der Waals surface area contributed by atoms with E-state index in [1.807, 2.05) is 6.92 Å². The summed E-state index contributed by atoms with van der Waals surface area (Å²) in [6, 6.07) is 6.71. The predicted molar refractivity (Wildman–Crippen MR) is 67.9 cm³/mol. The SMILES string of the molecule is CCN(c1ccc(C)cc1)c1c(F)c(F)nc(F)c1F. The van der Waals surface area contributed by atoms with E-state index in [9.17, 15) is 17.6 Å². The van der Waals surface area contributed by atoms with Crippen LogP contribution in [0.1, 0.15) is 12.5 Å². The van der Waals surface area contributed by atoms with Gasteiger partial charge < -0.3 is 4.90 Å². The summed E-state index contributed by atoms with van der Waals surface area (Å²) in [4.78, 5) is 3.70. The van der Waals surface area contributed by atoms with Crippen LogP contribution in [-0.2, 0) is 0 Å². The van der Waals surface area contributed by atoms with Crippen LogP contribution < -0.4 is 4.90 Å². The predicted octanol–water partition coefficient (Wildman–Crippen LogP) is 4.10. The van der Waals surface area contributed by atoms with E-state index in [0.29, 0.717) is 5.69 Å². The Morgan fingerprint density at radius 3 is 1.90 bits per heavy atom. The van der Waals surface area contributed by atoms with Gasteiger partial charge in [-0.25, -0.2) is 0 Å². The number of nitrogens with zero attached hydrogens (tertiary/aromatic N) is 2. The van der Waals surface area contributed by atoms with Crippen LogP contribution in [0.15, 0.2) is 24.3 Å². The molecule has 0 aliphatic rings. The minimum absolute atomic E-state index is 0.139. The van der Waals surface area contributed by atoms with Gasteiger partial charge in [0.15, 0.2) is 0 Å². The molecule has 106 valence electrons. The zero-order chi connectivity index (χ0) is 14.9. The fourth-order valence-corrected chi connectivity index (χ4v) is 1.91. The van der Waals surface area contributed by atoms with E-state index in [2.05, 4.69) is 4.98 Å². The van der Waals surface area contributed by atoms with Crippen molar-refractivity contribution in [2.45, 2.75) is 13.8 Å². The quantitative estimate of drug-likeness (QED) is 0.623. The molecule has 6 heteroatoms. The Hall–Kier alpha value is -2.11. The highest BCUT2D eigenvalue weighted by Gasteiger charge is 2.25. The lowest BCUT2D eigenvalue weighted by molar-refractivity contribution is 0.408. The molecule has 1 aromatic heterocycles. The first kappa shape index (κ1) is 14.3. The van der Waals surface area contributed by atoms with E-state index in [0.717, 1.165) is 10.5 Å². The van der Waals surface area contributed by atoms with Gasteiger partial charge in [0.05, 0.1) is 0 Å². The average Bonchev–Trinajstić information content (AvgIpc) is 2.43. The molecule has 0 saturated heterocycles. The third-order valence-electron chi connectivity index (χ3n) is 2.91. The van der Waals surface area contributed by atoms with Gasteiger partial charge in [-0.05, 0) is 26.0 Å². The van der Waals surface area contributed by atoms with Gasteiger partial charge in [-0.2, -0.15) is 22.5 Å². The first-order chi connectivity index (χ1) is 9.45. The third kappa shape index (κ3) is 2.45. The van der Waals surface area contributed by atoms with E-state index >= 15 is 0 Å². The van der Waals surface area contributed by atoms with Crippen LogP contribution in [0.4, 0.5) is 28.9 Å². The molecule has 0 fully saturated rings. The summed E-state index contributed by atoms with van der Waals surface area (Å²) in [6.07, 6.45) is 0. The summed E-state index contributed by atoms with van der Waals surface area (Å²) in [5, 5.41) is 0. The molecule has 0 amide bonds. The monoisotopic (exact) mass is 284 g/mol. The Balaban J connectivity index is 2.60. The summed E-state index contributed by atoms with van der Waals surface area (Å²) in [7, 11) is 0. The van der Waals surface area contributed by atoms with Gasteiger partial charge in [0.1, 0.15) is 5.69 Å². The number of halogens is 4. The summed E-state index contributed by atoms with van der Waals surface area (Å²) in [6.45, 7) is 3.61. The van der Waals surface area contributed by atoms with E-state index in [1.54, 1.807) is 31.2 Å². The van der Waals surface area contributed by atoms with E-state index < -0.39 is 29.2 Å². The van der Waals surface area contributed by atoms with Crippen LogP contribution in [-0.4, -0.2) is 11.5 Å². The van der Waals surface area contributed by atoms with E-state index in [1.165, 1.54) is 0 Å². The van der Waals surface area contributed by atoms with Crippen molar-refractivity contribution in [2.24, 2.45) is 0 Å². The minimum atomic E-state index is -1.66. The van der Waals surface area contributed by atoms with E-state index in [4.69, 9.17) is 0 Å². The Morgan fingerprint density at radius 2 is 1.45 bits per heavy atom. The number of aromatic nitrogens is 1. The highest BCUT2D eigenvalue weighted by atomic mass is 19.2. The standard InChI is InChI=1S/C14H12F4N2/c1-3-20(9-6-4-8(2)5-7-9)12-10(15)13(17)19-14(18)11(12)16/h4-7H,3H2,1-2H3. The normalized spacial score (nSPS) is 10.7. The third-order valence-corrected chi connectivity index (χ3v) is 2.91. The molecule has 2 nitrogen and oxygen atoms in total. The van der Waals surface area contributed by atoms with Crippen molar-refractivity contribution < 1.29 is 17.6 Å². The second-order valence-corrected chi connectivity index (χ2v) is 4.25. The maximum absolute atomic E-state index is 13.8. The van der Waals surface area contributed by atoms with Gasteiger partial charge in [0.25, 0.3) is 11.9 Å². The van der Waals surface area contributed by atoms with Gasteiger partial charge in [0, 0.05) is 12.2 Å². The molecule has 0 N–H and O–H groups in total. The Labute approximate surface area is 113 Å². The van der Waals surface area contributed by atoms with E-state index in [-0.39, 0.29) is 6.54 Å². The number of aryl methyl sites for hydroxylation is 1. The van der Waals surface area contributed by atoms with Crippen LogP contribution in [0, 0.1) is 30.5 Å². The van der Waals surface area contributed by atoms with Crippen LogP contribution in [0.25, 0.3) is 0 Å². The van der Waals surface area contributed by atoms with Gasteiger partial charge in [-0.1, -0.05) is 17.7 Å².